The van der Waals surface area contributed by atoms with Crippen molar-refractivity contribution in [2.45, 2.75) is 0 Å². The van der Waals surface area contributed by atoms with Gasteiger partial charge in [0.15, 0.2) is 24.8 Å². The smallest absolute Gasteiger partial charge is 0.167 e. The number of nitrogens with zero attached hydrogens (tertiary/aromatic N) is 2. The predicted molar refractivity (Wildman–Crippen MR) is 122 cm³/mol. The minimum Gasteiger partial charge on any atom is -0.167 e. The van der Waals surface area contributed by atoms with Crippen LogP contribution in [0, 0.1) is 0 Å². The summed E-state index contributed by atoms with van der Waals surface area (Å²) < 4.78 is 123. The van der Waals surface area contributed by atoms with Gasteiger partial charge in [-0.05, 0) is 11.1 Å². The summed E-state index contributed by atoms with van der Waals surface area (Å²) in [5.74, 6) is 0. The van der Waals surface area contributed by atoms with Crippen LogP contribution in [0.5, 0.6) is 0 Å². The monoisotopic (exact) mass is 600 g/mol. The molecule has 0 aliphatic heterocycles. The molecule has 0 aliphatic rings. The molecule has 210 valence electrons. The average molecular weight is 600 g/mol. The molecule has 0 bridgehead atoms. The summed E-state index contributed by atoms with van der Waals surface area (Å²) in [6.45, 7) is 0. The van der Waals surface area contributed by atoms with Gasteiger partial charge in [0.25, 0.3) is 0 Å². The third-order valence-electron chi connectivity index (χ3n) is 4.10. The van der Waals surface area contributed by atoms with Gasteiger partial charge in [-0.1, -0.05) is 36.4 Å². The fourth-order valence-corrected chi connectivity index (χ4v) is 2.78. The zero-order chi connectivity index (χ0) is 29.0. The van der Waals surface area contributed by atoms with E-state index in [-0.39, 0.29) is 0 Å². The second kappa shape index (κ2) is 9.20. The number of hydrogen-bond acceptors (Lipinski definition) is 0. The van der Waals surface area contributed by atoms with E-state index in [2.05, 4.69) is 107 Å². The minimum atomic E-state index is -10.7. The fraction of sp³-hybridized carbons (Fsp3) is 0. The van der Waals surface area contributed by atoms with Gasteiger partial charge in [0, 0.05) is 48.5 Å². The third kappa shape index (κ3) is 16.5. The summed E-state index contributed by atoms with van der Waals surface area (Å²) in [6.07, 6.45) is 8.40. The standard InChI is InChI=1S/C22H18N2.2F6P/c1-3-7-21(8-4-1)23-15-11-19(12-16-23)20-13-17-24(18-14-20)22-9-5-2-6-10-22;2*1-7(2,3,4,5)6/h1-18H;;/q+2;2*-1. The molecular weight excluding hydrogens is 582 g/mol. The molecule has 0 aliphatic carbocycles. The largest absolute Gasteiger partial charge is 0.210 e. The fourth-order valence-electron chi connectivity index (χ4n) is 2.78. The van der Waals surface area contributed by atoms with E-state index in [1.165, 1.54) is 22.5 Å². The molecule has 2 aromatic heterocycles. The molecule has 0 fully saturated rings. The zero-order valence-corrected chi connectivity index (χ0v) is 20.5. The Morgan fingerprint density at radius 1 is 0.342 bits per heavy atom. The second-order valence-electron chi connectivity index (χ2n) is 7.58. The van der Waals surface area contributed by atoms with E-state index < -0.39 is 15.6 Å². The molecule has 16 heteroatoms. The molecule has 0 atom stereocenters. The maximum absolute atomic E-state index is 10.7. The summed E-state index contributed by atoms with van der Waals surface area (Å²) in [4.78, 5) is 0. The molecule has 4 aromatic rings. The molecule has 2 aromatic carbocycles. The van der Waals surface area contributed by atoms with E-state index in [0.29, 0.717) is 0 Å². The Labute approximate surface area is 207 Å². The van der Waals surface area contributed by atoms with E-state index in [0.717, 1.165) is 0 Å². The van der Waals surface area contributed by atoms with Crippen molar-refractivity contribution in [3.05, 3.63) is 110 Å². The van der Waals surface area contributed by atoms with E-state index in [9.17, 15) is 50.4 Å². The zero-order valence-electron chi connectivity index (χ0n) is 18.7. The minimum absolute atomic E-state index is 1.17. The molecule has 2 nitrogen and oxygen atoms in total. The van der Waals surface area contributed by atoms with Gasteiger partial charge in [-0.3, -0.25) is 0 Å². The Bertz CT molecular complexity index is 1210. The van der Waals surface area contributed by atoms with Crippen molar-refractivity contribution in [1.82, 2.24) is 0 Å². The van der Waals surface area contributed by atoms with Crippen molar-refractivity contribution < 1.29 is 59.5 Å². The molecule has 0 N–H and O–H groups in total. The molecule has 2 heterocycles. The Hall–Kier alpha value is -3.24. The van der Waals surface area contributed by atoms with Crippen LogP contribution in [0.1, 0.15) is 0 Å². The molecule has 0 spiro atoms. The van der Waals surface area contributed by atoms with Crippen LogP contribution in [0.15, 0.2) is 110 Å². The van der Waals surface area contributed by atoms with E-state index >= 15 is 0 Å². The number of para-hydroxylation sites is 2. The first kappa shape index (κ1) is 31.0. The summed E-state index contributed by atoms with van der Waals surface area (Å²) in [5, 5.41) is 0. The molecular formula is C22H18F12N2P2. The van der Waals surface area contributed by atoms with Gasteiger partial charge in [0.05, 0.1) is 0 Å². The Morgan fingerprint density at radius 2 is 0.553 bits per heavy atom. The van der Waals surface area contributed by atoms with Gasteiger partial charge >= 0.3 is 66.0 Å². The number of rotatable bonds is 3. The number of benzene rings is 2. The first-order chi connectivity index (χ1) is 16.8. The first-order valence-electron chi connectivity index (χ1n) is 10.1. The molecule has 4 rings (SSSR count). The number of pyridine rings is 2. The van der Waals surface area contributed by atoms with Crippen LogP contribution in [0.3, 0.4) is 0 Å². The van der Waals surface area contributed by atoms with E-state index in [1.807, 2.05) is 12.1 Å². The molecule has 0 saturated heterocycles. The van der Waals surface area contributed by atoms with Crippen LogP contribution in [-0.4, -0.2) is 0 Å². The quantitative estimate of drug-likeness (QED) is 0.126. The first-order valence-corrected chi connectivity index (χ1v) is 14.1. The molecule has 0 amide bonds. The maximum Gasteiger partial charge on any atom is 0.210 e. The second-order valence-corrected chi connectivity index (χ2v) is 11.4. The van der Waals surface area contributed by atoms with Gasteiger partial charge in [-0.15, -0.1) is 0 Å². The van der Waals surface area contributed by atoms with Crippen molar-refractivity contribution >= 4 is 15.6 Å². The van der Waals surface area contributed by atoms with Gasteiger partial charge in [-0.25, -0.2) is 0 Å². The number of hydrogen-bond donors (Lipinski definition) is 0. The van der Waals surface area contributed by atoms with Crippen molar-refractivity contribution in [1.29, 1.82) is 0 Å². The van der Waals surface area contributed by atoms with Crippen molar-refractivity contribution in [3.8, 4) is 22.5 Å². The average Bonchev–Trinajstić information content (AvgIpc) is 2.76. The van der Waals surface area contributed by atoms with Crippen LogP contribution in [-0.2, 0) is 0 Å². The Kier molecular flexibility index (Phi) is 7.50. The third-order valence-corrected chi connectivity index (χ3v) is 4.10. The van der Waals surface area contributed by atoms with Gasteiger partial charge in [0.2, 0.25) is 11.4 Å². The Morgan fingerprint density at radius 3 is 0.763 bits per heavy atom. The van der Waals surface area contributed by atoms with Crippen LogP contribution >= 0.6 is 15.6 Å². The normalized spacial score (nSPS) is 15.2. The predicted octanol–water partition coefficient (Wildman–Crippen LogP) is 10.7. The van der Waals surface area contributed by atoms with Gasteiger partial charge < -0.3 is 0 Å². The maximum atomic E-state index is 9.87. The summed E-state index contributed by atoms with van der Waals surface area (Å²) in [6, 6.07) is 29.3. The number of halogens is 12. The summed E-state index contributed by atoms with van der Waals surface area (Å²) in [7, 11) is -21.3. The van der Waals surface area contributed by atoms with Crippen molar-refractivity contribution in [2.75, 3.05) is 0 Å². The summed E-state index contributed by atoms with van der Waals surface area (Å²) in [5.41, 5.74) is 4.75. The van der Waals surface area contributed by atoms with Crippen LogP contribution in [0.4, 0.5) is 50.4 Å². The summed E-state index contributed by atoms with van der Waals surface area (Å²) >= 11 is 0. The van der Waals surface area contributed by atoms with E-state index in [1.54, 1.807) is 0 Å². The van der Waals surface area contributed by atoms with Crippen LogP contribution in [0.2, 0.25) is 0 Å². The topological polar surface area (TPSA) is 7.76 Å². The van der Waals surface area contributed by atoms with Crippen molar-refractivity contribution in [2.24, 2.45) is 0 Å². The molecule has 38 heavy (non-hydrogen) atoms. The van der Waals surface area contributed by atoms with E-state index in [4.69, 9.17) is 0 Å². The van der Waals surface area contributed by atoms with Gasteiger partial charge in [0.1, 0.15) is 0 Å². The number of aromatic nitrogens is 2. The SMILES string of the molecule is F[P-](F)(F)(F)(F)F.F[P-](F)(F)(F)(F)F.c1ccc(-[n+]2ccc(-c3cc[n+](-c4ccccc4)cc3)cc2)cc1. The molecule has 0 unspecified atom stereocenters. The van der Waals surface area contributed by atoms with Gasteiger partial charge in [-0.2, -0.15) is 9.13 Å². The van der Waals surface area contributed by atoms with Crippen molar-refractivity contribution in [3.63, 3.8) is 0 Å². The van der Waals surface area contributed by atoms with Crippen LogP contribution < -0.4 is 9.13 Å². The molecule has 0 radical (unpaired) electrons. The molecule has 0 saturated carbocycles. The Balaban J connectivity index is 0.000000301. The van der Waals surface area contributed by atoms with Crippen LogP contribution in [0.25, 0.3) is 22.5 Å².